The van der Waals surface area contributed by atoms with Crippen LogP contribution in [0, 0.1) is 11.3 Å². The summed E-state index contributed by atoms with van der Waals surface area (Å²) in [6.07, 6.45) is -2.75. The van der Waals surface area contributed by atoms with E-state index in [9.17, 15) is 13.6 Å². The number of alkyl halides is 3. The molecule has 0 spiro atoms. The molecule has 0 fully saturated rings. The molecule has 0 amide bonds. The molecule has 18 heavy (non-hydrogen) atoms. The highest BCUT2D eigenvalue weighted by atomic mass is 35.5. The van der Waals surface area contributed by atoms with Crippen LogP contribution in [0.15, 0.2) is 12.1 Å². The van der Waals surface area contributed by atoms with E-state index in [0.29, 0.717) is 0 Å². The molecule has 1 aromatic rings. The number of hydrogen-bond acceptors (Lipinski definition) is 3. The Labute approximate surface area is 108 Å². The van der Waals surface area contributed by atoms with Crippen LogP contribution in [0.3, 0.4) is 0 Å². The number of nitriles is 1. The molecule has 0 bridgehead atoms. The van der Waals surface area contributed by atoms with Crippen molar-refractivity contribution in [3.63, 3.8) is 0 Å². The van der Waals surface area contributed by atoms with Crippen LogP contribution in [0.4, 0.5) is 8.78 Å². The molecule has 0 saturated carbocycles. The molecular formula is C12H10ClF2NO2. The second kappa shape index (κ2) is 6.31. The van der Waals surface area contributed by atoms with Crippen molar-refractivity contribution in [2.75, 3.05) is 6.61 Å². The number of carbonyl (C=O) groups is 1. The third-order valence-corrected chi connectivity index (χ3v) is 2.56. The van der Waals surface area contributed by atoms with Gasteiger partial charge in [-0.1, -0.05) is 0 Å². The van der Waals surface area contributed by atoms with Crippen LogP contribution in [0.5, 0.6) is 0 Å². The van der Waals surface area contributed by atoms with E-state index < -0.39 is 12.4 Å². The molecule has 0 radical (unpaired) electrons. The minimum Gasteiger partial charge on any atom is -0.462 e. The molecule has 1 aromatic carbocycles. The van der Waals surface area contributed by atoms with Gasteiger partial charge in [0.1, 0.15) is 6.07 Å². The molecule has 6 heteroatoms. The molecule has 96 valence electrons. The Kier molecular flexibility index (Phi) is 5.05. The average molecular weight is 274 g/mol. The van der Waals surface area contributed by atoms with E-state index in [-0.39, 0.29) is 34.7 Å². The van der Waals surface area contributed by atoms with Gasteiger partial charge in [-0.05, 0) is 24.6 Å². The van der Waals surface area contributed by atoms with Crippen LogP contribution in [-0.4, -0.2) is 12.6 Å². The maximum absolute atomic E-state index is 12.7. The normalized spacial score (nSPS) is 10.2. The van der Waals surface area contributed by atoms with Crippen molar-refractivity contribution in [3.05, 3.63) is 34.4 Å². The number of nitrogens with zero attached hydrogens (tertiary/aromatic N) is 1. The van der Waals surface area contributed by atoms with E-state index in [1.807, 2.05) is 0 Å². The molecule has 0 saturated heterocycles. The van der Waals surface area contributed by atoms with Gasteiger partial charge in [0.25, 0.3) is 6.43 Å². The Morgan fingerprint density at radius 1 is 1.56 bits per heavy atom. The summed E-state index contributed by atoms with van der Waals surface area (Å²) >= 11 is 5.56. The minimum atomic E-state index is -2.75. The fourth-order valence-electron chi connectivity index (χ4n) is 1.45. The van der Waals surface area contributed by atoms with E-state index in [4.69, 9.17) is 21.6 Å². The Morgan fingerprint density at radius 3 is 2.67 bits per heavy atom. The second-order valence-corrected chi connectivity index (χ2v) is 3.63. The van der Waals surface area contributed by atoms with Crippen molar-refractivity contribution in [2.24, 2.45) is 0 Å². The highest BCUT2D eigenvalue weighted by Gasteiger charge is 2.20. The van der Waals surface area contributed by atoms with Crippen molar-refractivity contribution in [3.8, 4) is 6.07 Å². The van der Waals surface area contributed by atoms with Gasteiger partial charge in [-0.25, -0.2) is 13.6 Å². The molecular weight excluding hydrogens is 264 g/mol. The zero-order valence-electron chi connectivity index (χ0n) is 9.54. The summed E-state index contributed by atoms with van der Waals surface area (Å²) in [7, 11) is 0. The number of esters is 1. The first-order valence-electron chi connectivity index (χ1n) is 5.13. The van der Waals surface area contributed by atoms with Crippen LogP contribution >= 0.6 is 11.6 Å². The summed E-state index contributed by atoms with van der Waals surface area (Å²) in [5, 5.41) is 8.87. The second-order valence-electron chi connectivity index (χ2n) is 3.36. The zero-order chi connectivity index (χ0) is 13.7. The third kappa shape index (κ3) is 2.96. The first-order chi connectivity index (χ1) is 8.54. The smallest absolute Gasteiger partial charge is 0.339 e. The lowest BCUT2D eigenvalue weighted by molar-refractivity contribution is 0.0525. The molecule has 3 nitrogen and oxygen atoms in total. The maximum Gasteiger partial charge on any atom is 0.339 e. The van der Waals surface area contributed by atoms with Gasteiger partial charge in [-0.15, -0.1) is 11.6 Å². The van der Waals surface area contributed by atoms with E-state index in [1.165, 1.54) is 6.07 Å². The predicted molar refractivity (Wildman–Crippen MR) is 61.6 cm³/mol. The Morgan fingerprint density at radius 2 is 2.22 bits per heavy atom. The van der Waals surface area contributed by atoms with E-state index >= 15 is 0 Å². The lowest BCUT2D eigenvalue weighted by Gasteiger charge is -2.10. The van der Waals surface area contributed by atoms with Gasteiger partial charge in [0.05, 0.1) is 17.7 Å². The standard InChI is InChI=1S/C12H10ClF2NO2/c1-2-18-12(17)10-3-7(5-13)9(11(14)15)4-8(10)6-16/h3-4,11H,2,5H2,1H3. The van der Waals surface area contributed by atoms with E-state index in [0.717, 1.165) is 6.07 Å². The van der Waals surface area contributed by atoms with Crippen molar-refractivity contribution < 1.29 is 18.3 Å². The topological polar surface area (TPSA) is 50.1 Å². The van der Waals surface area contributed by atoms with E-state index in [1.54, 1.807) is 13.0 Å². The van der Waals surface area contributed by atoms with Crippen LogP contribution in [0.25, 0.3) is 0 Å². The van der Waals surface area contributed by atoms with Gasteiger partial charge < -0.3 is 4.74 Å². The van der Waals surface area contributed by atoms with Crippen LogP contribution in [0.1, 0.15) is 40.4 Å². The van der Waals surface area contributed by atoms with Crippen molar-refractivity contribution in [1.29, 1.82) is 5.26 Å². The first-order valence-corrected chi connectivity index (χ1v) is 5.66. The molecule has 0 unspecified atom stereocenters. The summed E-state index contributed by atoms with van der Waals surface area (Å²) in [5.41, 5.74) is -0.402. The van der Waals surface area contributed by atoms with Gasteiger partial charge in [0.15, 0.2) is 0 Å². The van der Waals surface area contributed by atoms with Crippen LogP contribution in [-0.2, 0) is 10.6 Å². The summed E-state index contributed by atoms with van der Waals surface area (Å²) in [5.74, 6) is -0.890. The zero-order valence-corrected chi connectivity index (χ0v) is 10.3. The lowest BCUT2D eigenvalue weighted by Crippen LogP contribution is -2.09. The van der Waals surface area contributed by atoms with Gasteiger partial charge >= 0.3 is 5.97 Å². The summed E-state index contributed by atoms with van der Waals surface area (Å²) in [6, 6.07) is 3.87. The Hall–Kier alpha value is -1.67. The summed E-state index contributed by atoms with van der Waals surface area (Å²) in [6.45, 7) is 1.75. The Balaban J connectivity index is 3.36. The summed E-state index contributed by atoms with van der Waals surface area (Å²) < 4.78 is 30.2. The molecule has 0 aromatic heterocycles. The maximum atomic E-state index is 12.7. The molecule has 0 N–H and O–H groups in total. The van der Waals surface area contributed by atoms with Gasteiger partial charge in [-0.3, -0.25) is 0 Å². The first kappa shape index (κ1) is 14.4. The third-order valence-electron chi connectivity index (χ3n) is 2.27. The number of benzene rings is 1. The fraction of sp³-hybridized carbons (Fsp3) is 0.333. The quantitative estimate of drug-likeness (QED) is 0.624. The largest absolute Gasteiger partial charge is 0.462 e. The van der Waals surface area contributed by atoms with Gasteiger partial charge in [0.2, 0.25) is 0 Å². The number of ether oxygens (including phenoxy) is 1. The highest BCUT2D eigenvalue weighted by Crippen LogP contribution is 2.27. The molecule has 0 aliphatic rings. The molecule has 0 aliphatic carbocycles. The number of halogens is 3. The highest BCUT2D eigenvalue weighted by molar-refractivity contribution is 6.17. The minimum absolute atomic E-state index is 0.0422. The number of carbonyl (C=O) groups excluding carboxylic acids is 1. The molecule has 0 heterocycles. The SMILES string of the molecule is CCOC(=O)c1cc(CCl)c(C(F)F)cc1C#N. The van der Waals surface area contributed by atoms with Crippen molar-refractivity contribution >= 4 is 17.6 Å². The van der Waals surface area contributed by atoms with Crippen LogP contribution in [0.2, 0.25) is 0 Å². The van der Waals surface area contributed by atoms with Gasteiger partial charge in [0, 0.05) is 11.4 Å². The fourth-order valence-corrected chi connectivity index (χ4v) is 1.68. The molecule has 1 rings (SSSR count). The Bertz CT molecular complexity index is 498. The van der Waals surface area contributed by atoms with E-state index in [2.05, 4.69) is 0 Å². The number of rotatable bonds is 4. The number of hydrogen-bond donors (Lipinski definition) is 0. The average Bonchev–Trinajstić information content (AvgIpc) is 2.37. The molecule has 0 aliphatic heterocycles. The van der Waals surface area contributed by atoms with Crippen LogP contribution < -0.4 is 0 Å². The predicted octanol–water partition coefficient (Wildman–Crippen LogP) is 3.41. The van der Waals surface area contributed by atoms with Gasteiger partial charge in [-0.2, -0.15) is 5.26 Å². The lowest BCUT2D eigenvalue weighted by atomic mass is 10.00. The van der Waals surface area contributed by atoms with Crippen molar-refractivity contribution in [2.45, 2.75) is 19.2 Å². The monoisotopic (exact) mass is 273 g/mol. The van der Waals surface area contributed by atoms with Crippen molar-refractivity contribution in [1.82, 2.24) is 0 Å². The summed E-state index contributed by atoms with van der Waals surface area (Å²) in [4.78, 5) is 11.6. The molecule has 0 atom stereocenters.